The summed E-state index contributed by atoms with van der Waals surface area (Å²) < 4.78 is 0. The van der Waals surface area contributed by atoms with Crippen LogP contribution in [0, 0.1) is 0 Å². The maximum atomic E-state index is 12.0. The molecule has 0 unspecified atom stereocenters. The molecule has 2 N–H and O–H groups in total. The summed E-state index contributed by atoms with van der Waals surface area (Å²) in [7, 11) is 0. The van der Waals surface area contributed by atoms with Gasteiger partial charge in [-0.1, -0.05) is 30.3 Å². The third-order valence-electron chi connectivity index (χ3n) is 3.31. The Morgan fingerprint density at radius 1 is 1.16 bits per heavy atom. The van der Waals surface area contributed by atoms with Crippen LogP contribution in [0.25, 0.3) is 0 Å². The van der Waals surface area contributed by atoms with Crippen LogP contribution in [0.15, 0.2) is 48.5 Å². The van der Waals surface area contributed by atoms with Gasteiger partial charge in [-0.2, -0.15) is 0 Å². The Bertz CT molecular complexity index is 593. The Hall–Kier alpha value is -2.29. The average Bonchev–Trinajstić information content (AvgIpc) is 2.87. The van der Waals surface area contributed by atoms with Gasteiger partial charge >= 0.3 is 0 Å². The first-order valence-corrected chi connectivity index (χ1v) is 6.52. The third kappa shape index (κ3) is 2.76. The fourth-order valence-corrected chi connectivity index (χ4v) is 2.37. The number of rotatable bonds is 3. The van der Waals surface area contributed by atoms with Crippen molar-refractivity contribution in [1.82, 2.24) is 0 Å². The lowest BCUT2D eigenvalue weighted by Gasteiger charge is -2.07. The zero-order valence-electron chi connectivity index (χ0n) is 10.6. The van der Waals surface area contributed by atoms with Gasteiger partial charge in [-0.25, -0.2) is 0 Å². The highest BCUT2D eigenvalue weighted by atomic mass is 16.1. The maximum Gasteiger partial charge on any atom is 0.228 e. The van der Waals surface area contributed by atoms with Gasteiger partial charge in [0.05, 0.1) is 6.42 Å². The molecule has 0 spiro atoms. The van der Waals surface area contributed by atoms with E-state index in [-0.39, 0.29) is 5.91 Å². The fourth-order valence-electron chi connectivity index (χ4n) is 2.37. The van der Waals surface area contributed by atoms with Crippen LogP contribution in [0.3, 0.4) is 0 Å². The van der Waals surface area contributed by atoms with E-state index in [1.807, 2.05) is 42.5 Å². The average molecular weight is 252 g/mol. The molecule has 0 aliphatic carbocycles. The highest BCUT2D eigenvalue weighted by Crippen LogP contribution is 2.25. The van der Waals surface area contributed by atoms with Crippen molar-refractivity contribution >= 4 is 17.3 Å². The third-order valence-corrected chi connectivity index (χ3v) is 3.31. The molecule has 1 heterocycles. The first kappa shape index (κ1) is 11.8. The Balaban J connectivity index is 1.66. The highest BCUT2D eigenvalue weighted by Gasteiger charge is 2.11. The predicted molar refractivity (Wildman–Crippen MR) is 77.4 cm³/mol. The molecule has 0 fully saturated rings. The Kier molecular flexibility index (Phi) is 3.19. The van der Waals surface area contributed by atoms with E-state index >= 15 is 0 Å². The molecule has 3 rings (SSSR count). The monoisotopic (exact) mass is 252 g/mol. The molecule has 96 valence electrons. The van der Waals surface area contributed by atoms with Crippen LogP contribution < -0.4 is 10.6 Å². The topological polar surface area (TPSA) is 41.1 Å². The highest BCUT2D eigenvalue weighted by molar-refractivity contribution is 5.92. The summed E-state index contributed by atoms with van der Waals surface area (Å²) in [6, 6.07) is 15.8. The van der Waals surface area contributed by atoms with Crippen molar-refractivity contribution in [2.24, 2.45) is 0 Å². The van der Waals surface area contributed by atoms with Gasteiger partial charge in [-0.15, -0.1) is 0 Å². The minimum Gasteiger partial charge on any atom is -0.384 e. The fraction of sp³-hybridized carbons (Fsp3) is 0.188. The van der Waals surface area contributed by atoms with Gasteiger partial charge < -0.3 is 10.6 Å². The second-order valence-electron chi connectivity index (χ2n) is 4.76. The summed E-state index contributed by atoms with van der Waals surface area (Å²) in [5.74, 6) is 0.0251. The molecule has 0 atom stereocenters. The van der Waals surface area contributed by atoms with Crippen LogP contribution in [-0.4, -0.2) is 12.5 Å². The van der Waals surface area contributed by atoms with E-state index in [0.717, 1.165) is 24.2 Å². The van der Waals surface area contributed by atoms with Crippen molar-refractivity contribution in [2.45, 2.75) is 12.8 Å². The van der Waals surface area contributed by atoms with Gasteiger partial charge in [0.25, 0.3) is 0 Å². The van der Waals surface area contributed by atoms with E-state index in [0.29, 0.717) is 6.42 Å². The molecule has 3 nitrogen and oxygen atoms in total. The van der Waals surface area contributed by atoms with Crippen LogP contribution >= 0.6 is 0 Å². The number of hydrogen-bond donors (Lipinski definition) is 2. The molecule has 1 aliphatic heterocycles. The normalized spacial score (nSPS) is 12.6. The summed E-state index contributed by atoms with van der Waals surface area (Å²) in [5, 5.41) is 6.26. The molecule has 0 radical (unpaired) electrons. The molecule has 19 heavy (non-hydrogen) atoms. The molecule has 1 amide bonds. The van der Waals surface area contributed by atoms with E-state index in [4.69, 9.17) is 0 Å². The molecule has 0 aromatic heterocycles. The predicted octanol–water partition coefficient (Wildman–Crippen LogP) is 2.84. The van der Waals surface area contributed by atoms with E-state index < -0.39 is 0 Å². The van der Waals surface area contributed by atoms with Crippen molar-refractivity contribution in [1.29, 1.82) is 0 Å². The number of anilines is 2. The first-order valence-electron chi connectivity index (χ1n) is 6.52. The summed E-state index contributed by atoms with van der Waals surface area (Å²) in [6.07, 6.45) is 1.44. The Morgan fingerprint density at radius 3 is 2.84 bits per heavy atom. The van der Waals surface area contributed by atoms with Crippen LogP contribution in [0.5, 0.6) is 0 Å². The lowest BCUT2D eigenvalue weighted by Crippen LogP contribution is -2.14. The number of benzene rings is 2. The van der Waals surface area contributed by atoms with E-state index in [1.165, 1.54) is 11.3 Å². The van der Waals surface area contributed by atoms with Crippen molar-refractivity contribution < 1.29 is 4.79 Å². The molecule has 2 aromatic carbocycles. The van der Waals surface area contributed by atoms with E-state index in [2.05, 4.69) is 16.7 Å². The molecular formula is C16H16N2O. The van der Waals surface area contributed by atoms with Crippen molar-refractivity contribution in [3.63, 3.8) is 0 Å². The van der Waals surface area contributed by atoms with Crippen LogP contribution in [0.4, 0.5) is 11.4 Å². The molecule has 1 aliphatic rings. The Morgan fingerprint density at radius 2 is 2.00 bits per heavy atom. The molecule has 0 saturated heterocycles. The number of carbonyl (C=O) groups is 1. The number of fused-ring (bicyclic) bond motifs is 1. The van der Waals surface area contributed by atoms with Crippen molar-refractivity contribution in [2.75, 3.05) is 17.2 Å². The van der Waals surface area contributed by atoms with Gasteiger partial charge in [-0.05, 0) is 35.7 Å². The van der Waals surface area contributed by atoms with E-state index in [1.54, 1.807) is 0 Å². The lowest BCUT2D eigenvalue weighted by molar-refractivity contribution is -0.115. The second-order valence-corrected chi connectivity index (χ2v) is 4.76. The number of carbonyl (C=O) groups excluding carboxylic acids is 1. The summed E-state index contributed by atoms with van der Waals surface area (Å²) in [6.45, 7) is 0.983. The van der Waals surface area contributed by atoms with Gasteiger partial charge in [0, 0.05) is 17.9 Å². The largest absolute Gasteiger partial charge is 0.384 e. The molecule has 3 heteroatoms. The number of nitrogens with one attached hydrogen (secondary N) is 2. The molecular weight excluding hydrogens is 236 g/mol. The molecule has 0 saturated carbocycles. The second kappa shape index (κ2) is 5.14. The number of hydrogen-bond acceptors (Lipinski definition) is 2. The Labute approximate surface area is 112 Å². The smallest absolute Gasteiger partial charge is 0.228 e. The molecule has 0 bridgehead atoms. The lowest BCUT2D eigenvalue weighted by atomic mass is 10.1. The summed E-state index contributed by atoms with van der Waals surface area (Å²) in [4.78, 5) is 12.0. The number of amides is 1. The van der Waals surface area contributed by atoms with Crippen LogP contribution in [0.1, 0.15) is 11.1 Å². The maximum absolute atomic E-state index is 12.0. The van der Waals surface area contributed by atoms with Crippen LogP contribution in [0.2, 0.25) is 0 Å². The van der Waals surface area contributed by atoms with Gasteiger partial charge in [0.2, 0.25) is 5.91 Å². The first-order chi connectivity index (χ1) is 9.31. The summed E-state index contributed by atoms with van der Waals surface area (Å²) in [5.41, 5.74) is 4.37. The van der Waals surface area contributed by atoms with Crippen LogP contribution in [-0.2, 0) is 17.6 Å². The zero-order valence-corrected chi connectivity index (χ0v) is 10.6. The quantitative estimate of drug-likeness (QED) is 0.882. The standard InChI is InChI=1S/C16H16N2O/c19-16(10-12-4-2-1-3-5-12)18-14-6-7-15-13(11-14)8-9-17-15/h1-7,11,17H,8-10H2,(H,18,19). The van der Waals surface area contributed by atoms with Gasteiger partial charge in [0.1, 0.15) is 0 Å². The minimum atomic E-state index is 0.0251. The summed E-state index contributed by atoms with van der Waals surface area (Å²) >= 11 is 0. The SMILES string of the molecule is O=C(Cc1ccccc1)Nc1ccc2c(c1)CCN2. The van der Waals surface area contributed by atoms with Gasteiger partial charge in [-0.3, -0.25) is 4.79 Å². The molecule has 2 aromatic rings. The van der Waals surface area contributed by atoms with Gasteiger partial charge in [0.15, 0.2) is 0 Å². The zero-order chi connectivity index (χ0) is 13.1. The van der Waals surface area contributed by atoms with Crippen molar-refractivity contribution in [3.8, 4) is 0 Å². The van der Waals surface area contributed by atoms with Crippen molar-refractivity contribution in [3.05, 3.63) is 59.7 Å². The van der Waals surface area contributed by atoms with E-state index in [9.17, 15) is 4.79 Å². The minimum absolute atomic E-state index is 0.0251.